The van der Waals surface area contributed by atoms with Gasteiger partial charge in [-0.25, -0.2) is 0 Å². The van der Waals surface area contributed by atoms with Crippen molar-refractivity contribution in [3.63, 3.8) is 0 Å². The van der Waals surface area contributed by atoms with Crippen LogP contribution in [0.5, 0.6) is 0 Å². The third-order valence-corrected chi connectivity index (χ3v) is 2.21. The van der Waals surface area contributed by atoms with Crippen LogP contribution in [0.3, 0.4) is 0 Å². The van der Waals surface area contributed by atoms with Crippen molar-refractivity contribution in [2.75, 3.05) is 0 Å². The number of allylic oxidation sites excluding steroid dienone is 3. The summed E-state index contributed by atoms with van der Waals surface area (Å²) in [6, 6.07) is 10.1. The molecule has 0 bridgehead atoms. The summed E-state index contributed by atoms with van der Waals surface area (Å²) in [7, 11) is 0. The van der Waals surface area contributed by atoms with Gasteiger partial charge in [-0.15, -0.1) is 11.6 Å². The largest absolute Gasteiger partial charge is 0.115 e. The molecule has 0 unspecified atom stereocenters. The maximum absolute atomic E-state index is 6.30. The Bertz CT molecular complexity index is 328. The Hall–Kier alpha value is -1.01. The molecule has 0 saturated heterocycles. The van der Waals surface area contributed by atoms with E-state index in [4.69, 9.17) is 11.6 Å². The predicted octanol–water partition coefficient (Wildman–Crippen LogP) is 4.27. The van der Waals surface area contributed by atoms with Crippen molar-refractivity contribution < 1.29 is 0 Å². The number of hydrogen-bond acceptors (Lipinski definition) is 0. The molecule has 1 rings (SSSR count). The second kappa shape index (κ2) is 4.47. The molecule has 0 amide bonds. The van der Waals surface area contributed by atoms with Gasteiger partial charge in [-0.3, -0.25) is 0 Å². The van der Waals surface area contributed by atoms with Gasteiger partial charge in [-0.2, -0.15) is 0 Å². The summed E-state index contributed by atoms with van der Waals surface area (Å²) < 4.78 is 0. The summed E-state index contributed by atoms with van der Waals surface area (Å²) in [5.41, 5.74) is 2.24. The van der Waals surface area contributed by atoms with E-state index < -0.39 is 0 Å². The normalized spacial score (nSPS) is 12.6. The lowest BCUT2D eigenvalue weighted by Gasteiger charge is -2.20. The van der Waals surface area contributed by atoms with E-state index >= 15 is 0 Å². The Morgan fingerprint density at radius 3 is 2.29 bits per heavy atom. The van der Waals surface area contributed by atoms with Crippen molar-refractivity contribution >= 4 is 17.2 Å². The van der Waals surface area contributed by atoms with Crippen LogP contribution >= 0.6 is 11.6 Å². The third-order valence-electron chi connectivity index (χ3n) is 2.01. The van der Waals surface area contributed by atoms with Gasteiger partial charge in [-0.1, -0.05) is 49.1 Å². The highest BCUT2D eigenvalue weighted by atomic mass is 35.5. The summed E-state index contributed by atoms with van der Waals surface area (Å²) in [4.78, 5) is -0.366. The van der Waals surface area contributed by atoms with Gasteiger partial charge < -0.3 is 0 Å². The van der Waals surface area contributed by atoms with Crippen molar-refractivity contribution in [2.24, 2.45) is 0 Å². The summed E-state index contributed by atoms with van der Waals surface area (Å²) in [5.74, 6) is 0. The first-order valence-corrected chi connectivity index (χ1v) is 5.01. The van der Waals surface area contributed by atoms with Gasteiger partial charge in [0.25, 0.3) is 0 Å². The summed E-state index contributed by atoms with van der Waals surface area (Å²) in [5, 5.41) is 0. The monoisotopic (exact) mass is 206 g/mol. The lowest BCUT2D eigenvalue weighted by Crippen LogP contribution is -2.12. The molecule has 0 aliphatic carbocycles. The van der Waals surface area contributed by atoms with Crippen LogP contribution in [-0.2, 0) is 0 Å². The van der Waals surface area contributed by atoms with Gasteiger partial charge in [0.2, 0.25) is 0 Å². The molecule has 0 saturated carbocycles. The molecule has 0 radical (unpaired) electrons. The molecule has 0 heterocycles. The van der Waals surface area contributed by atoms with Crippen LogP contribution in [0.15, 0.2) is 49.1 Å². The molecule has 0 aliphatic rings. The smallest absolute Gasteiger partial charge is 0.0644 e. The Morgan fingerprint density at radius 2 is 1.86 bits per heavy atom. The summed E-state index contributed by atoms with van der Waals surface area (Å²) in [6.45, 7) is 7.67. The number of benzene rings is 1. The Balaban J connectivity index is 3.15. The van der Waals surface area contributed by atoms with Crippen molar-refractivity contribution in [2.45, 2.75) is 18.7 Å². The van der Waals surface area contributed by atoms with E-state index in [0.717, 1.165) is 11.1 Å². The summed E-state index contributed by atoms with van der Waals surface area (Å²) in [6.07, 6.45) is 3.73. The van der Waals surface area contributed by atoms with E-state index in [9.17, 15) is 0 Å². The molecule has 1 aromatic rings. The average Bonchev–Trinajstić information content (AvgIpc) is 2.14. The fourth-order valence-electron chi connectivity index (χ4n) is 1.37. The summed E-state index contributed by atoms with van der Waals surface area (Å²) >= 11 is 6.30. The number of hydrogen-bond donors (Lipinski definition) is 0. The highest BCUT2D eigenvalue weighted by Gasteiger charge is 2.20. The zero-order valence-electron chi connectivity index (χ0n) is 8.63. The van der Waals surface area contributed by atoms with Crippen LogP contribution in [0.1, 0.15) is 19.4 Å². The first-order valence-electron chi connectivity index (χ1n) is 4.63. The topological polar surface area (TPSA) is 0 Å². The minimum Gasteiger partial charge on any atom is -0.115 e. The first-order chi connectivity index (χ1) is 6.55. The molecule has 1 heteroatoms. The highest BCUT2D eigenvalue weighted by Crippen LogP contribution is 2.32. The van der Waals surface area contributed by atoms with E-state index in [1.807, 2.05) is 38.1 Å². The van der Waals surface area contributed by atoms with Crippen LogP contribution < -0.4 is 0 Å². The molecular weight excluding hydrogens is 192 g/mol. The van der Waals surface area contributed by atoms with E-state index in [1.54, 1.807) is 6.08 Å². The fraction of sp³-hybridized carbons (Fsp3) is 0.231. The highest BCUT2D eigenvalue weighted by molar-refractivity contribution is 6.29. The predicted molar refractivity (Wildman–Crippen MR) is 64.5 cm³/mol. The Kier molecular flexibility index (Phi) is 3.54. The van der Waals surface area contributed by atoms with Crippen molar-refractivity contribution in [3.8, 4) is 0 Å². The van der Waals surface area contributed by atoms with Gasteiger partial charge in [-0.05, 0) is 25.0 Å². The van der Waals surface area contributed by atoms with Crippen molar-refractivity contribution in [1.82, 2.24) is 0 Å². The van der Waals surface area contributed by atoms with Gasteiger partial charge in [0, 0.05) is 0 Å². The molecule has 1 aromatic carbocycles. The quantitative estimate of drug-likeness (QED) is 0.512. The second-order valence-corrected chi connectivity index (χ2v) is 4.60. The standard InChI is InChI=1S/C13H15Cl/c1-4-8-12(13(2,3)14)11-9-6-5-7-10-11/h4-10H,1H2,2-3H3/b12-8-. The molecule has 0 aliphatic heterocycles. The van der Waals surface area contributed by atoms with Crippen LogP contribution in [0.4, 0.5) is 0 Å². The molecule has 14 heavy (non-hydrogen) atoms. The second-order valence-electron chi connectivity index (χ2n) is 3.65. The van der Waals surface area contributed by atoms with Crippen LogP contribution in [0, 0.1) is 0 Å². The fourth-order valence-corrected chi connectivity index (χ4v) is 1.55. The lowest BCUT2D eigenvalue weighted by atomic mass is 9.94. The molecule has 74 valence electrons. The molecule has 0 aromatic heterocycles. The molecule has 0 N–H and O–H groups in total. The zero-order valence-corrected chi connectivity index (χ0v) is 9.38. The van der Waals surface area contributed by atoms with E-state index in [2.05, 4.69) is 18.7 Å². The van der Waals surface area contributed by atoms with Crippen LogP contribution in [-0.4, -0.2) is 4.87 Å². The van der Waals surface area contributed by atoms with Crippen LogP contribution in [0.2, 0.25) is 0 Å². The maximum Gasteiger partial charge on any atom is 0.0644 e. The third kappa shape index (κ3) is 2.74. The molecule has 0 atom stereocenters. The van der Waals surface area contributed by atoms with Gasteiger partial charge >= 0.3 is 0 Å². The molecule has 0 fully saturated rings. The Labute approximate surface area is 90.9 Å². The molecular formula is C13H15Cl. The van der Waals surface area contributed by atoms with Crippen molar-refractivity contribution in [1.29, 1.82) is 0 Å². The molecule has 0 spiro atoms. The SMILES string of the molecule is C=C/C=C(/c1ccccc1)C(C)(C)Cl. The van der Waals surface area contributed by atoms with Gasteiger partial charge in [0.1, 0.15) is 0 Å². The minimum absolute atomic E-state index is 0.366. The molecule has 0 nitrogen and oxygen atoms in total. The van der Waals surface area contributed by atoms with Gasteiger partial charge in [0.05, 0.1) is 4.87 Å². The minimum atomic E-state index is -0.366. The van der Waals surface area contributed by atoms with Crippen molar-refractivity contribution in [3.05, 3.63) is 54.6 Å². The van der Waals surface area contributed by atoms with E-state index in [0.29, 0.717) is 0 Å². The lowest BCUT2D eigenvalue weighted by molar-refractivity contribution is 0.905. The number of rotatable bonds is 3. The van der Waals surface area contributed by atoms with Crippen LogP contribution in [0.25, 0.3) is 5.57 Å². The zero-order chi connectivity index (χ0) is 10.6. The Morgan fingerprint density at radius 1 is 1.29 bits per heavy atom. The first kappa shape index (κ1) is 11.1. The maximum atomic E-state index is 6.30. The average molecular weight is 207 g/mol. The van der Waals surface area contributed by atoms with E-state index in [1.165, 1.54) is 0 Å². The number of alkyl halides is 1. The van der Waals surface area contributed by atoms with Gasteiger partial charge in [0.15, 0.2) is 0 Å². The number of halogens is 1. The van der Waals surface area contributed by atoms with E-state index in [-0.39, 0.29) is 4.87 Å².